The maximum atomic E-state index is 14.4. The fourth-order valence-electron chi connectivity index (χ4n) is 11.1. The predicted octanol–water partition coefficient (Wildman–Crippen LogP) is 5.15. The summed E-state index contributed by atoms with van der Waals surface area (Å²) in [5.74, 6) is 2.55. The standard InChI is InChI=1S/C36H48N4O4/c1-35-29(34(43)39-9-4-3-5-10-39)15-25(16-31(41)37-21-36-18-22-12-23(19-36)14-24(13-22)20-36)33(42)40(35)11-8-27-28-17-26(44-2)6-7-30(28)38-32(27)35/h6-7,17,22-25,29,38H,3-5,8-16,18-21H2,1-2H3,(H,37,41)/t22?,23?,24?,25?,29-,35+,36?/m1/s1. The Morgan fingerprint density at radius 1 is 1.00 bits per heavy atom. The third kappa shape index (κ3) is 4.48. The van der Waals surface area contributed by atoms with Crippen LogP contribution < -0.4 is 10.1 Å². The molecule has 236 valence electrons. The van der Waals surface area contributed by atoms with Crippen LogP contribution in [0, 0.1) is 35.0 Å². The highest BCUT2D eigenvalue weighted by Gasteiger charge is 2.57. The van der Waals surface area contributed by atoms with Crippen LogP contribution in [0.25, 0.3) is 10.9 Å². The second-order valence-corrected chi connectivity index (χ2v) is 15.5. The monoisotopic (exact) mass is 600 g/mol. The first kappa shape index (κ1) is 28.4. The van der Waals surface area contributed by atoms with Gasteiger partial charge >= 0.3 is 0 Å². The van der Waals surface area contributed by atoms with Gasteiger partial charge in [0.25, 0.3) is 0 Å². The van der Waals surface area contributed by atoms with Crippen LogP contribution in [-0.2, 0) is 26.3 Å². The van der Waals surface area contributed by atoms with Gasteiger partial charge in [-0.2, -0.15) is 0 Å². The van der Waals surface area contributed by atoms with E-state index in [9.17, 15) is 14.4 Å². The number of ether oxygens (including phenoxy) is 1. The van der Waals surface area contributed by atoms with Gasteiger partial charge in [0.2, 0.25) is 17.7 Å². The fourth-order valence-corrected chi connectivity index (χ4v) is 11.1. The second kappa shape index (κ2) is 10.5. The van der Waals surface area contributed by atoms with Crippen molar-refractivity contribution in [1.82, 2.24) is 20.1 Å². The number of carbonyl (C=O) groups excluding carboxylic acids is 3. The summed E-state index contributed by atoms with van der Waals surface area (Å²) in [4.78, 5) is 49.9. The molecule has 3 atom stereocenters. The Morgan fingerprint density at radius 3 is 2.39 bits per heavy atom. The predicted molar refractivity (Wildman–Crippen MR) is 168 cm³/mol. The molecule has 1 aromatic heterocycles. The Morgan fingerprint density at radius 2 is 1.70 bits per heavy atom. The molecule has 4 saturated carbocycles. The second-order valence-electron chi connectivity index (χ2n) is 15.5. The quantitative estimate of drug-likeness (QED) is 0.480. The highest BCUT2D eigenvalue weighted by atomic mass is 16.5. The van der Waals surface area contributed by atoms with E-state index >= 15 is 0 Å². The van der Waals surface area contributed by atoms with E-state index in [1.807, 2.05) is 21.9 Å². The minimum absolute atomic E-state index is 0.0158. The number of piperidine rings is 2. The van der Waals surface area contributed by atoms with E-state index in [1.54, 1.807) is 7.11 Å². The van der Waals surface area contributed by atoms with Crippen molar-refractivity contribution in [3.63, 3.8) is 0 Å². The van der Waals surface area contributed by atoms with Crippen LogP contribution in [0.3, 0.4) is 0 Å². The molecular formula is C36H48N4O4. The molecule has 1 unspecified atom stereocenters. The number of likely N-dealkylation sites (tertiary alicyclic amines) is 1. The molecule has 7 aliphatic rings. The summed E-state index contributed by atoms with van der Waals surface area (Å²) in [5, 5.41) is 4.42. The van der Waals surface area contributed by atoms with Gasteiger partial charge in [0, 0.05) is 55.1 Å². The summed E-state index contributed by atoms with van der Waals surface area (Å²) < 4.78 is 5.53. The van der Waals surface area contributed by atoms with E-state index in [0.29, 0.717) is 19.4 Å². The summed E-state index contributed by atoms with van der Waals surface area (Å²) in [6.45, 7) is 4.92. The molecule has 3 aliphatic heterocycles. The highest BCUT2D eigenvalue weighted by molar-refractivity contribution is 5.93. The molecule has 4 bridgehead atoms. The number of methoxy groups -OCH3 is 1. The molecule has 9 rings (SSSR count). The number of hydrogen-bond acceptors (Lipinski definition) is 4. The van der Waals surface area contributed by atoms with Crippen LogP contribution in [0.4, 0.5) is 0 Å². The molecule has 0 spiro atoms. The van der Waals surface area contributed by atoms with E-state index in [4.69, 9.17) is 4.74 Å². The molecule has 4 aliphatic carbocycles. The number of aromatic amines is 1. The number of nitrogens with zero attached hydrogens (tertiary/aromatic N) is 2. The zero-order valence-corrected chi connectivity index (χ0v) is 26.5. The van der Waals surface area contributed by atoms with Crippen LogP contribution >= 0.6 is 0 Å². The Labute approximate surface area is 260 Å². The van der Waals surface area contributed by atoms with E-state index in [1.165, 1.54) is 44.1 Å². The first-order chi connectivity index (χ1) is 21.3. The number of hydrogen-bond donors (Lipinski definition) is 2. The molecule has 0 radical (unpaired) electrons. The molecule has 1 aromatic carbocycles. The minimum Gasteiger partial charge on any atom is -0.497 e. The lowest BCUT2D eigenvalue weighted by molar-refractivity contribution is -0.164. The Balaban J connectivity index is 1.07. The summed E-state index contributed by atoms with van der Waals surface area (Å²) in [5.41, 5.74) is 2.61. The number of rotatable bonds is 6. The summed E-state index contributed by atoms with van der Waals surface area (Å²) >= 11 is 0. The van der Waals surface area contributed by atoms with Crippen molar-refractivity contribution in [2.45, 2.75) is 89.5 Å². The van der Waals surface area contributed by atoms with E-state index < -0.39 is 17.4 Å². The van der Waals surface area contributed by atoms with E-state index in [-0.39, 0.29) is 29.6 Å². The summed E-state index contributed by atoms with van der Waals surface area (Å²) in [6.07, 6.45) is 12.4. The van der Waals surface area contributed by atoms with Crippen molar-refractivity contribution in [3.8, 4) is 5.75 Å². The van der Waals surface area contributed by atoms with Crippen molar-refractivity contribution in [1.29, 1.82) is 0 Å². The molecule has 2 saturated heterocycles. The molecule has 6 fully saturated rings. The number of H-pyrrole nitrogens is 1. The van der Waals surface area contributed by atoms with E-state index in [0.717, 1.165) is 79.0 Å². The number of carbonyl (C=O) groups is 3. The number of benzene rings is 1. The lowest BCUT2D eigenvalue weighted by atomic mass is 9.49. The molecule has 8 nitrogen and oxygen atoms in total. The van der Waals surface area contributed by atoms with Crippen molar-refractivity contribution >= 4 is 28.6 Å². The van der Waals surface area contributed by atoms with Crippen LogP contribution in [0.1, 0.15) is 88.8 Å². The molecule has 2 aromatic rings. The zero-order valence-electron chi connectivity index (χ0n) is 26.5. The molecule has 3 amide bonds. The Bertz CT molecular complexity index is 1450. The lowest BCUT2D eigenvalue weighted by Crippen LogP contribution is -2.64. The van der Waals surface area contributed by atoms with Crippen molar-refractivity contribution in [2.24, 2.45) is 35.0 Å². The largest absolute Gasteiger partial charge is 0.497 e. The van der Waals surface area contributed by atoms with Gasteiger partial charge in [0.1, 0.15) is 5.75 Å². The number of nitrogens with one attached hydrogen (secondary N) is 2. The topological polar surface area (TPSA) is 94.7 Å². The maximum absolute atomic E-state index is 14.4. The molecule has 44 heavy (non-hydrogen) atoms. The third-order valence-electron chi connectivity index (χ3n) is 12.8. The van der Waals surface area contributed by atoms with Gasteiger partial charge < -0.3 is 24.8 Å². The van der Waals surface area contributed by atoms with Crippen LogP contribution in [0.15, 0.2) is 18.2 Å². The van der Waals surface area contributed by atoms with Gasteiger partial charge in [-0.25, -0.2) is 0 Å². The van der Waals surface area contributed by atoms with Crippen molar-refractivity contribution in [3.05, 3.63) is 29.5 Å². The average molecular weight is 601 g/mol. The average Bonchev–Trinajstić information content (AvgIpc) is 3.40. The fraction of sp³-hybridized carbons (Fsp3) is 0.694. The normalized spacial score (nSPS) is 35.9. The molecule has 2 N–H and O–H groups in total. The van der Waals surface area contributed by atoms with Crippen LogP contribution in [-0.4, -0.2) is 65.8 Å². The Hall–Kier alpha value is -3.03. The first-order valence-corrected chi connectivity index (χ1v) is 17.3. The smallest absolute Gasteiger partial charge is 0.228 e. The lowest BCUT2D eigenvalue weighted by Gasteiger charge is -2.57. The van der Waals surface area contributed by atoms with Crippen LogP contribution in [0.5, 0.6) is 5.75 Å². The number of aromatic nitrogens is 1. The SMILES string of the molecule is COc1ccc2[nH]c3c(c2c1)CCN1C(=O)C(CC(=O)NCC24CC5CC(CC(C5)C2)C4)C[C@H](C(=O)N2CCCCC2)[C@@]31C. The van der Waals surface area contributed by atoms with Gasteiger partial charge in [0.15, 0.2) is 0 Å². The maximum Gasteiger partial charge on any atom is 0.228 e. The van der Waals surface area contributed by atoms with Gasteiger partial charge in [0.05, 0.1) is 18.6 Å². The Kier molecular flexibility index (Phi) is 6.80. The third-order valence-corrected chi connectivity index (χ3v) is 12.8. The summed E-state index contributed by atoms with van der Waals surface area (Å²) in [7, 11) is 1.68. The number of amides is 3. The van der Waals surface area contributed by atoms with Gasteiger partial charge in [-0.1, -0.05) is 0 Å². The zero-order chi connectivity index (χ0) is 30.2. The van der Waals surface area contributed by atoms with Crippen LogP contribution in [0.2, 0.25) is 0 Å². The van der Waals surface area contributed by atoms with Crippen molar-refractivity contribution in [2.75, 3.05) is 33.3 Å². The molecule has 8 heteroatoms. The number of fused-ring (bicyclic) bond motifs is 5. The minimum atomic E-state index is -0.794. The van der Waals surface area contributed by atoms with E-state index in [2.05, 4.69) is 23.3 Å². The molecule has 4 heterocycles. The highest BCUT2D eigenvalue weighted by Crippen LogP contribution is 2.59. The van der Waals surface area contributed by atoms with Crippen molar-refractivity contribution < 1.29 is 19.1 Å². The van der Waals surface area contributed by atoms with Gasteiger partial charge in [-0.3, -0.25) is 14.4 Å². The first-order valence-electron chi connectivity index (χ1n) is 17.3. The summed E-state index contributed by atoms with van der Waals surface area (Å²) in [6, 6.07) is 6.04. The van der Waals surface area contributed by atoms with Gasteiger partial charge in [-0.15, -0.1) is 0 Å². The molecular weight excluding hydrogens is 552 g/mol. The van der Waals surface area contributed by atoms with Gasteiger partial charge in [-0.05, 0) is 124 Å².